The Bertz CT molecular complexity index is 309. The maximum absolute atomic E-state index is 11.6. The first-order valence-electron chi connectivity index (χ1n) is 8.29. The third-order valence-electron chi connectivity index (χ3n) is 5.44. The maximum Gasteiger partial charge on any atom is 0.221 e. The summed E-state index contributed by atoms with van der Waals surface area (Å²) in [5, 5.41) is 6.64. The summed E-state index contributed by atoms with van der Waals surface area (Å²) in [6.07, 6.45) is 14.4. The smallest absolute Gasteiger partial charge is 0.221 e. The Labute approximate surface area is 116 Å². The zero-order chi connectivity index (χ0) is 13.1. The van der Waals surface area contributed by atoms with Crippen LogP contribution in [0.1, 0.15) is 70.6 Å². The van der Waals surface area contributed by atoms with Gasteiger partial charge in [0.2, 0.25) is 5.91 Å². The maximum atomic E-state index is 11.6. The number of nitrogens with one attached hydrogen (secondary N) is 2. The highest BCUT2D eigenvalue weighted by molar-refractivity contribution is 5.76. The predicted molar refractivity (Wildman–Crippen MR) is 76.9 cm³/mol. The lowest BCUT2D eigenvalue weighted by Gasteiger charge is -2.37. The molecule has 0 atom stereocenters. The lowest BCUT2D eigenvalue weighted by molar-refractivity contribution is -0.121. The minimum absolute atomic E-state index is 0.234. The van der Waals surface area contributed by atoms with Crippen LogP contribution in [0.4, 0.5) is 0 Å². The van der Waals surface area contributed by atoms with E-state index in [2.05, 4.69) is 10.6 Å². The molecule has 0 aliphatic heterocycles. The molecule has 0 heterocycles. The molecule has 0 radical (unpaired) electrons. The van der Waals surface area contributed by atoms with Crippen molar-refractivity contribution in [2.24, 2.45) is 5.41 Å². The van der Waals surface area contributed by atoms with Gasteiger partial charge < -0.3 is 10.6 Å². The van der Waals surface area contributed by atoms with Crippen molar-refractivity contribution in [2.45, 2.75) is 82.7 Å². The van der Waals surface area contributed by atoms with Gasteiger partial charge in [0.15, 0.2) is 0 Å². The molecule has 1 spiro atoms. The summed E-state index contributed by atoms with van der Waals surface area (Å²) in [4.78, 5) is 11.6. The molecule has 3 saturated carbocycles. The molecule has 2 N–H and O–H groups in total. The van der Waals surface area contributed by atoms with E-state index in [1.165, 1.54) is 64.2 Å². The van der Waals surface area contributed by atoms with E-state index in [1.54, 1.807) is 0 Å². The van der Waals surface area contributed by atoms with E-state index in [9.17, 15) is 4.79 Å². The van der Waals surface area contributed by atoms with Crippen molar-refractivity contribution >= 4 is 5.91 Å². The highest BCUT2D eigenvalue weighted by Crippen LogP contribution is 2.48. The van der Waals surface area contributed by atoms with Crippen LogP contribution in [-0.4, -0.2) is 24.5 Å². The topological polar surface area (TPSA) is 41.1 Å². The van der Waals surface area contributed by atoms with Gasteiger partial charge in [-0.2, -0.15) is 0 Å². The molecule has 3 nitrogen and oxygen atoms in total. The lowest BCUT2D eigenvalue weighted by atomic mass is 9.71. The van der Waals surface area contributed by atoms with E-state index in [0.717, 1.165) is 12.0 Å². The van der Waals surface area contributed by atoms with Crippen molar-refractivity contribution in [3.8, 4) is 0 Å². The number of hydrogen-bond acceptors (Lipinski definition) is 2. The van der Waals surface area contributed by atoms with Crippen molar-refractivity contribution in [2.75, 3.05) is 6.54 Å². The molecule has 0 bridgehead atoms. The van der Waals surface area contributed by atoms with Crippen LogP contribution >= 0.6 is 0 Å². The minimum Gasteiger partial charge on any atom is -0.353 e. The summed E-state index contributed by atoms with van der Waals surface area (Å²) >= 11 is 0. The van der Waals surface area contributed by atoms with Crippen LogP contribution in [0, 0.1) is 5.41 Å². The zero-order valence-corrected chi connectivity index (χ0v) is 12.0. The first-order valence-corrected chi connectivity index (χ1v) is 8.29. The van der Waals surface area contributed by atoms with Crippen LogP contribution in [0.5, 0.6) is 0 Å². The van der Waals surface area contributed by atoms with Crippen molar-refractivity contribution in [3.63, 3.8) is 0 Å². The van der Waals surface area contributed by atoms with Gasteiger partial charge in [-0.25, -0.2) is 0 Å². The molecule has 3 heteroatoms. The van der Waals surface area contributed by atoms with Gasteiger partial charge >= 0.3 is 0 Å². The van der Waals surface area contributed by atoms with E-state index in [0.29, 0.717) is 18.5 Å². The molecule has 0 aromatic rings. The molecule has 3 aliphatic carbocycles. The van der Waals surface area contributed by atoms with Gasteiger partial charge in [-0.1, -0.05) is 12.8 Å². The van der Waals surface area contributed by atoms with Crippen LogP contribution < -0.4 is 10.6 Å². The highest BCUT2D eigenvalue weighted by Gasteiger charge is 2.37. The van der Waals surface area contributed by atoms with Gasteiger partial charge in [-0.15, -0.1) is 0 Å². The van der Waals surface area contributed by atoms with Gasteiger partial charge in [-0.3, -0.25) is 4.79 Å². The standard InChI is InChI=1S/C16H28N2O/c19-15(18-14-3-4-14)7-12-17-13-5-10-16(11-6-13)8-1-2-9-16/h13-14,17H,1-12H2,(H,18,19). The Morgan fingerprint density at radius 2 is 1.63 bits per heavy atom. The molecular formula is C16H28N2O. The Hall–Kier alpha value is -0.570. The average molecular weight is 264 g/mol. The lowest BCUT2D eigenvalue weighted by Crippen LogP contribution is -2.38. The van der Waals surface area contributed by atoms with Crippen LogP contribution in [0.25, 0.3) is 0 Å². The second-order valence-corrected chi connectivity index (χ2v) is 7.03. The summed E-state index contributed by atoms with van der Waals surface area (Å²) in [5.74, 6) is 0.234. The first-order chi connectivity index (χ1) is 9.26. The average Bonchev–Trinajstić information content (AvgIpc) is 3.11. The Morgan fingerprint density at radius 1 is 0.947 bits per heavy atom. The molecular weight excluding hydrogens is 236 g/mol. The van der Waals surface area contributed by atoms with E-state index in [-0.39, 0.29) is 5.91 Å². The number of rotatable bonds is 5. The molecule has 0 aromatic heterocycles. The van der Waals surface area contributed by atoms with Gasteiger partial charge in [0.25, 0.3) is 0 Å². The van der Waals surface area contributed by atoms with E-state index in [1.807, 2.05) is 0 Å². The molecule has 0 aromatic carbocycles. The summed E-state index contributed by atoms with van der Waals surface area (Å²) in [5.41, 5.74) is 0.724. The Balaban J connectivity index is 1.30. The fourth-order valence-corrected chi connectivity index (χ4v) is 3.98. The monoisotopic (exact) mass is 264 g/mol. The van der Waals surface area contributed by atoms with E-state index < -0.39 is 0 Å². The summed E-state index contributed by atoms with van der Waals surface area (Å²) in [6.45, 7) is 0.857. The molecule has 108 valence electrons. The number of hydrogen-bond donors (Lipinski definition) is 2. The Morgan fingerprint density at radius 3 is 2.26 bits per heavy atom. The molecule has 3 aliphatic rings. The quantitative estimate of drug-likeness (QED) is 0.801. The van der Waals surface area contributed by atoms with Crippen LogP contribution in [0.3, 0.4) is 0 Å². The highest BCUT2D eigenvalue weighted by atomic mass is 16.1. The SMILES string of the molecule is O=C(CCNC1CCC2(CCCC2)CC1)NC1CC1. The summed E-state index contributed by atoms with van der Waals surface area (Å²) in [6, 6.07) is 1.17. The molecule has 0 unspecified atom stereocenters. The minimum atomic E-state index is 0.234. The van der Waals surface area contributed by atoms with Crippen molar-refractivity contribution < 1.29 is 4.79 Å². The molecule has 1 amide bonds. The number of amides is 1. The largest absolute Gasteiger partial charge is 0.353 e. The molecule has 3 fully saturated rings. The van der Waals surface area contributed by atoms with Gasteiger partial charge in [0.05, 0.1) is 0 Å². The molecule has 0 saturated heterocycles. The van der Waals surface area contributed by atoms with E-state index in [4.69, 9.17) is 0 Å². The second-order valence-electron chi connectivity index (χ2n) is 7.03. The number of carbonyl (C=O) groups excluding carboxylic acids is 1. The third-order valence-corrected chi connectivity index (χ3v) is 5.44. The second kappa shape index (κ2) is 5.82. The number of carbonyl (C=O) groups is 1. The van der Waals surface area contributed by atoms with Gasteiger partial charge in [-0.05, 0) is 56.8 Å². The van der Waals surface area contributed by atoms with Gasteiger partial charge in [0, 0.05) is 25.0 Å². The summed E-state index contributed by atoms with van der Waals surface area (Å²) < 4.78 is 0. The first kappa shape index (κ1) is 13.4. The van der Waals surface area contributed by atoms with Crippen molar-refractivity contribution in [3.05, 3.63) is 0 Å². The fourth-order valence-electron chi connectivity index (χ4n) is 3.98. The fraction of sp³-hybridized carbons (Fsp3) is 0.938. The zero-order valence-electron chi connectivity index (χ0n) is 12.0. The predicted octanol–water partition coefficient (Wildman–Crippen LogP) is 2.75. The normalized spacial score (nSPS) is 26.7. The van der Waals surface area contributed by atoms with Crippen LogP contribution in [0.2, 0.25) is 0 Å². The summed E-state index contributed by atoms with van der Waals surface area (Å²) in [7, 11) is 0. The van der Waals surface area contributed by atoms with Crippen LogP contribution in [0.15, 0.2) is 0 Å². The Kier molecular flexibility index (Phi) is 4.11. The van der Waals surface area contributed by atoms with Crippen molar-refractivity contribution in [1.29, 1.82) is 0 Å². The van der Waals surface area contributed by atoms with Gasteiger partial charge in [0.1, 0.15) is 0 Å². The molecule has 19 heavy (non-hydrogen) atoms. The molecule has 3 rings (SSSR count). The van der Waals surface area contributed by atoms with Crippen LogP contribution in [-0.2, 0) is 4.79 Å². The van der Waals surface area contributed by atoms with E-state index >= 15 is 0 Å². The third kappa shape index (κ3) is 3.71. The van der Waals surface area contributed by atoms with Crippen molar-refractivity contribution in [1.82, 2.24) is 10.6 Å².